The van der Waals surface area contributed by atoms with Gasteiger partial charge in [-0.15, -0.1) is 0 Å². The van der Waals surface area contributed by atoms with Crippen molar-refractivity contribution in [2.24, 2.45) is 0 Å². The Kier molecular flexibility index (Phi) is 6.46. The smallest absolute Gasteiger partial charge is 0.274 e. The number of nitrogens with one attached hydrogen (secondary N) is 2. The fraction of sp³-hybridized carbons (Fsp3) is 0.182. The van der Waals surface area contributed by atoms with E-state index >= 15 is 0 Å². The van der Waals surface area contributed by atoms with E-state index in [4.69, 9.17) is 9.47 Å². The molecule has 2 aromatic carbocycles. The van der Waals surface area contributed by atoms with E-state index in [9.17, 15) is 4.79 Å². The summed E-state index contributed by atoms with van der Waals surface area (Å²) in [5.41, 5.74) is 3.02. The number of hydrogen-bond acceptors (Lipinski definition) is 5. The standard InChI is InChI=1S/C22H23N3O3/c1-27-19-7-3-5-16(13-19)9-11-23-17-10-12-24-21(15-17)22(26)25-18-6-4-8-20(14-18)28-2/h3-8,10,12-15H,9,11H2,1-2H3,(H,23,24)(H,25,26). The van der Waals surface area contributed by atoms with Crippen LogP contribution in [0.15, 0.2) is 66.9 Å². The van der Waals surface area contributed by atoms with Gasteiger partial charge in [0.2, 0.25) is 0 Å². The predicted octanol–water partition coefficient (Wildman–Crippen LogP) is 4.01. The van der Waals surface area contributed by atoms with Gasteiger partial charge in [-0.1, -0.05) is 18.2 Å². The van der Waals surface area contributed by atoms with Gasteiger partial charge in [-0.2, -0.15) is 0 Å². The lowest BCUT2D eigenvalue weighted by atomic mass is 10.1. The number of rotatable bonds is 8. The Labute approximate surface area is 164 Å². The molecule has 28 heavy (non-hydrogen) atoms. The van der Waals surface area contributed by atoms with Crippen LogP contribution in [0.4, 0.5) is 11.4 Å². The first-order valence-corrected chi connectivity index (χ1v) is 8.96. The first kappa shape index (κ1) is 19.2. The highest BCUT2D eigenvalue weighted by molar-refractivity contribution is 6.03. The molecule has 3 aromatic rings. The third kappa shape index (κ3) is 5.23. The molecule has 2 N–H and O–H groups in total. The summed E-state index contributed by atoms with van der Waals surface area (Å²) in [5.74, 6) is 1.25. The molecule has 6 nitrogen and oxygen atoms in total. The number of nitrogens with zero attached hydrogens (tertiary/aromatic N) is 1. The van der Waals surface area contributed by atoms with Crippen molar-refractivity contribution in [3.8, 4) is 11.5 Å². The number of hydrogen-bond donors (Lipinski definition) is 2. The van der Waals surface area contributed by atoms with Crippen LogP contribution < -0.4 is 20.1 Å². The van der Waals surface area contributed by atoms with Crippen LogP contribution in [-0.2, 0) is 6.42 Å². The van der Waals surface area contributed by atoms with Gasteiger partial charge in [0.1, 0.15) is 17.2 Å². The molecule has 0 aliphatic rings. The second kappa shape index (κ2) is 9.41. The highest BCUT2D eigenvalue weighted by atomic mass is 16.5. The second-order valence-corrected chi connectivity index (χ2v) is 6.14. The molecular weight excluding hydrogens is 354 g/mol. The molecule has 0 aliphatic heterocycles. The minimum absolute atomic E-state index is 0.273. The van der Waals surface area contributed by atoms with Gasteiger partial charge in [0.15, 0.2) is 0 Å². The van der Waals surface area contributed by atoms with E-state index in [2.05, 4.69) is 21.7 Å². The summed E-state index contributed by atoms with van der Waals surface area (Å²) in [6, 6.07) is 18.7. The molecule has 0 unspecified atom stereocenters. The number of amides is 1. The van der Waals surface area contributed by atoms with Crippen LogP contribution in [0.1, 0.15) is 16.1 Å². The van der Waals surface area contributed by atoms with Gasteiger partial charge >= 0.3 is 0 Å². The SMILES string of the molecule is COc1cccc(CCNc2ccnc(C(=O)Nc3cccc(OC)c3)c2)c1. The third-order valence-electron chi connectivity index (χ3n) is 4.20. The van der Waals surface area contributed by atoms with Crippen molar-refractivity contribution in [1.82, 2.24) is 4.98 Å². The highest BCUT2D eigenvalue weighted by Gasteiger charge is 2.09. The van der Waals surface area contributed by atoms with Crippen LogP contribution in [-0.4, -0.2) is 31.7 Å². The molecule has 0 saturated heterocycles. The summed E-state index contributed by atoms with van der Waals surface area (Å²) >= 11 is 0. The fourth-order valence-corrected chi connectivity index (χ4v) is 2.74. The zero-order valence-corrected chi connectivity index (χ0v) is 15.9. The normalized spacial score (nSPS) is 10.2. The van der Waals surface area contributed by atoms with E-state index in [1.165, 1.54) is 5.56 Å². The molecular formula is C22H23N3O3. The number of carbonyl (C=O) groups excluding carboxylic acids is 1. The number of methoxy groups -OCH3 is 2. The van der Waals surface area contributed by atoms with Crippen LogP contribution >= 0.6 is 0 Å². The summed E-state index contributed by atoms with van der Waals surface area (Å²) in [4.78, 5) is 16.6. The zero-order valence-electron chi connectivity index (χ0n) is 15.9. The summed E-state index contributed by atoms with van der Waals surface area (Å²) < 4.78 is 10.4. The lowest BCUT2D eigenvalue weighted by molar-refractivity contribution is 0.102. The van der Waals surface area contributed by atoms with E-state index in [0.717, 1.165) is 24.4 Å². The Morgan fingerprint density at radius 3 is 2.46 bits per heavy atom. The first-order valence-electron chi connectivity index (χ1n) is 8.96. The van der Waals surface area contributed by atoms with Gasteiger partial charge < -0.3 is 20.1 Å². The van der Waals surface area contributed by atoms with Crippen LogP contribution in [0.25, 0.3) is 0 Å². The minimum atomic E-state index is -0.273. The summed E-state index contributed by atoms with van der Waals surface area (Å²) in [6.45, 7) is 0.730. The number of carbonyl (C=O) groups is 1. The molecule has 1 aromatic heterocycles. The molecule has 0 spiro atoms. The Bertz CT molecular complexity index is 944. The highest BCUT2D eigenvalue weighted by Crippen LogP contribution is 2.18. The van der Waals surface area contributed by atoms with Gasteiger partial charge in [0.25, 0.3) is 5.91 Å². The maximum absolute atomic E-state index is 12.5. The largest absolute Gasteiger partial charge is 0.497 e. The summed E-state index contributed by atoms with van der Waals surface area (Å²) in [7, 11) is 3.25. The van der Waals surface area contributed by atoms with Crippen molar-refractivity contribution < 1.29 is 14.3 Å². The average molecular weight is 377 g/mol. The number of benzene rings is 2. The van der Waals surface area contributed by atoms with Crippen LogP contribution in [0.3, 0.4) is 0 Å². The first-order chi connectivity index (χ1) is 13.7. The van der Waals surface area contributed by atoms with E-state index in [1.54, 1.807) is 38.6 Å². The van der Waals surface area contributed by atoms with E-state index in [-0.39, 0.29) is 5.91 Å². The molecule has 0 aliphatic carbocycles. The topological polar surface area (TPSA) is 72.5 Å². The minimum Gasteiger partial charge on any atom is -0.497 e. The Balaban J connectivity index is 1.59. The molecule has 1 heterocycles. The molecule has 6 heteroatoms. The second-order valence-electron chi connectivity index (χ2n) is 6.14. The van der Waals surface area contributed by atoms with Gasteiger partial charge in [-0.3, -0.25) is 9.78 Å². The fourth-order valence-electron chi connectivity index (χ4n) is 2.74. The van der Waals surface area contributed by atoms with Gasteiger partial charge in [0, 0.05) is 30.2 Å². The lowest BCUT2D eigenvalue weighted by Gasteiger charge is -2.10. The number of aromatic nitrogens is 1. The van der Waals surface area contributed by atoms with Crippen molar-refractivity contribution in [2.75, 3.05) is 31.4 Å². The quantitative estimate of drug-likeness (QED) is 0.621. The predicted molar refractivity (Wildman–Crippen MR) is 110 cm³/mol. The van der Waals surface area contributed by atoms with Crippen molar-refractivity contribution in [3.63, 3.8) is 0 Å². The van der Waals surface area contributed by atoms with Gasteiger partial charge in [-0.05, 0) is 48.4 Å². The molecule has 0 bridgehead atoms. The molecule has 144 valence electrons. The Morgan fingerprint density at radius 1 is 0.929 bits per heavy atom. The van der Waals surface area contributed by atoms with E-state index in [1.807, 2.05) is 36.4 Å². The molecule has 0 saturated carbocycles. The maximum Gasteiger partial charge on any atom is 0.274 e. The molecule has 0 radical (unpaired) electrons. The van der Waals surface area contributed by atoms with Gasteiger partial charge in [0.05, 0.1) is 14.2 Å². The van der Waals surface area contributed by atoms with Crippen LogP contribution in [0, 0.1) is 0 Å². The molecule has 0 atom stereocenters. The summed E-state index contributed by atoms with van der Waals surface area (Å²) in [5, 5.41) is 6.16. The number of pyridine rings is 1. The molecule has 3 rings (SSSR count). The zero-order chi connectivity index (χ0) is 19.8. The third-order valence-corrected chi connectivity index (χ3v) is 4.20. The summed E-state index contributed by atoms with van der Waals surface area (Å²) in [6.07, 6.45) is 2.46. The van der Waals surface area contributed by atoms with Gasteiger partial charge in [-0.25, -0.2) is 0 Å². The van der Waals surface area contributed by atoms with Crippen LogP contribution in [0.5, 0.6) is 11.5 Å². The van der Waals surface area contributed by atoms with Crippen molar-refractivity contribution in [3.05, 3.63) is 78.1 Å². The maximum atomic E-state index is 12.5. The number of ether oxygens (including phenoxy) is 2. The average Bonchev–Trinajstić information content (AvgIpc) is 2.74. The number of anilines is 2. The monoisotopic (exact) mass is 377 g/mol. The van der Waals surface area contributed by atoms with Crippen molar-refractivity contribution in [2.45, 2.75) is 6.42 Å². The van der Waals surface area contributed by atoms with Crippen LogP contribution in [0.2, 0.25) is 0 Å². The van der Waals surface area contributed by atoms with E-state index in [0.29, 0.717) is 17.1 Å². The Morgan fingerprint density at radius 2 is 1.68 bits per heavy atom. The van der Waals surface area contributed by atoms with E-state index < -0.39 is 0 Å². The lowest BCUT2D eigenvalue weighted by Crippen LogP contribution is -2.14. The molecule has 1 amide bonds. The Hall–Kier alpha value is -3.54. The van der Waals surface area contributed by atoms with Crippen molar-refractivity contribution in [1.29, 1.82) is 0 Å². The van der Waals surface area contributed by atoms with Crippen molar-refractivity contribution >= 4 is 17.3 Å². The molecule has 0 fully saturated rings.